The van der Waals surface area contributed by atoms with Gasteiger partial charge >= 0.3 is 0 Å². The van der Waals surface area contributed by atoms with Crippen LogP contribution in [0.25, 0.3) is 0 Å². The number of Topliss-reactive ketones (excluding diaryl/α,β-unsaturated/α-hetero) is 1. The van der Waals surface area contributed by atoms with Crippen LogP contribution in [-0.4, -0.2) is 12.3 Å². The van der Waals surface area contributed by atoms with Crippen LogP contribution < -0.4 is 5.32 Å². The molecular formula is C7H9NO. The Morgan fingerprint density at radius 1 is 1.78 bits per heavy atom. The van der Waals surface area contributed by atoms with Crippen molar-refractivity contribution in [2.75, 3.05) is 6.54 Å². The van der Waals surface area contributed by atoms with E-state index in [-0.39, 0.29) is 5.78 Å². The lowest BCUT2D eigenvalue weighted by Crippen LogP contribution is -2.11. The molecule has 1 aliphatic rings. The maximum absolute atomic E-state index is 10.6. The molecule has 0 bridgehead atoms. The Bertz CT molecular complexity index is 179. The van der Waals surface area contributed by atoms with Gasteiger partial charge in [0.1, 0.15) is 0 Å². The summed E-state index contributed by atoms with van der Waals surface area (Å²) in [7, 11) is 0. The van der Waals surface area contributed by atoms with Gasteiger partial charge in [0.15, 0.2) is 5.78 Å². The molecule has 0 atom stereocenters. The van der Waals surface area contributed by atoms with Crippen LogP contribution in [-0.2, 0) is 4.79 Å². The fourth-order valence-electron chi connectivity index (χ4n) is 0.690. The molecule has 0 aromatic rings. The van der Waals surface area contributed by atoms with Crippen molar-refractivity contribution in [1.82, 2.24) is 5.32 Å². The molecule has 9 heavy (non-hydrogen) atoms. The highest BCUT2D eigenvalue weighted by Gasteiger charge is 1.99. The molecule has 1 N–H and O–H groups in total. The summed E-state index contributed by atoms with van der Waals surface area (Å²) >= 11 is 0. The summed E-state index contributed by atoms with van der Waals surface area (Å²) in [6.07, 6.45) is 5.50. The van der Waals surface area contributed by atoms with Gasteiger partial charge in [-0.2, -0.15) is 0 Å². The van der Waals surface area contributed by atoms with Gasteiger partial charge in [0.2, 0.25) is 0 Å². The maximum Gasteiger partial charge on any atom is 0.161 e. The first-order valence-electron chi connectivity index (χ1n) is 2.92. The zero-order chi connectivity index (χ0) is 6.69. The summed E-state index contributed by atoms with van der Waals surface area (Å²) in [6, 6.07) is 0. The molecule has 0 aromatic carbocycles. The predicted octanol–water partition coefficient (Wildman–Crippen LogP) is 0.619. The van der Waals surface area contributed by atoms with E-state index in [1.54, 1.807) is 13.1 Å². The summed E-state index contributed by atoms with van der Waals surface area (Å²) in [6.45, 7) is 2.39. The van der Waals surface area contributed by atoms with Crippen molar-refractivity contribution < 1.29 is 4.79 Å². The summed E-state index contributed by atoms with van der Waals surface area (Å²) in [4.78, 5) is 10.6. The molecule has 0 radical (unpaired) electrons. The molecule has 1 heterocycles. The van der Waals surface area contributed by atoms with Crippen molar-refractivity contribution in [3.05, 3.63) is 23.9 Å². The number of ketones is 1. The van der Waals surface area contributed by atoms with Gasteiger partial charge in [0.05, 0.1) is 0 Å². The molecule has 48 valence electrons. The van der Waals surface area contributed by atoms with Gasteiger partial charge in [0.25, 0.3) is 0 Å². The highest BCUT2D eigenvalue weighted by molar-refractivity contribution is 5.96. The van der Waals surface area contributed by atoms with Crippen LogP contribution in [0.1, 0.15) is 6.92 Å². The van der Waals surface area contributed by atoms with E-state index in [2.05, 4.69) is 5.32 Å². The normalized spacial score (nSPS) is 16.3. The van der Waals surface area contributed by atoms with E-state index >= 15 is 0 Å². The van der Waals surface area contributed by atoms with E-state index < -0.39 is 0 Å². The quantitative estimate of drug-likeness (QED) is 0.553. The second-order valence-corrected chi connectivity index (χ2v) is 1.97. The van der Waals surface area contributed by atoms with Gasteiger partial charge in [0, 0.05) is 18.3 Å². The lowest BCUT2D eigenvalue weighted by atomic mass is 10.1. The first-order chi connectivity index (χ1) is 4.30. The van der Waals surface area contributed by atoms with Gasteiger partial charge < -0.3 is 5.32 Å². The van der Waals surface area contributed by atoms with E-state index in [1.165, 1.54) is 0 Å². The summed E-state index contributed by atoms with van der Waals surface area (Å²) < 4.78 is 0. The molecule has 1 aliphatic heterocycles. The van der Waals surface area contributed by atoms with Gasteiger partial charge in [-0.15, -0.1) is 0 Å². The SMILES string of the molecule is CC(=O)C1=CNCC=C1. The molecular weight excluding hydrogens is 114 g/mol. The third kappa shape index (κ3) is 1.42. The summed E-state index contributed by atoms with van der Waals surface area (Å²) in [5.74, 6) is 0.110. The number of allylic oxidation sites excluding steroid dienone is 2. The lowest BCUT2D eigenvalue weighted by Gasteiger charge is -2.03. The molecule has 2 nitrogen and oxygen atoms in total. The van der Waals surface area contributed by atoms with E-state index in [0.717, 1.165) is 12.1 Å². The number of dihydropyridines is 1. The van der Waals surface area contributed by atoms with Crippen LogP contribution in [0, 0.1) is 0 Å². The third-order valence-corrected chi connectivity index (χ3v) is 1.20. The smallest absolute Gasteiger partial charge is 0.161 e. The molecule has 0 spiro atoms. The first-order valence-corrected chi connectivity index (χ1v) is 2.92. The Labute approximate surface area is 54.3 Å². The van der Waals surface area contributed by atoms with Gasteiger partial charge in [-0.1, -0.05) is 12.2 Å². The fourth-order valence-corrected chi connectivity index (χ4v) is 0.690. The van der Waals surface area contributed by atoms with Gasteiger partial charge in [-0.3, -0.25) is 4.79 Å². The largest absolute Gasteiger partial charge is 0.387 e. The second-order valence-electron chi connectivity index (χ2n) is 1.97. The number of nitrogens with one attached hydrogen (secondary N) is 1. The first kappa shape index (κ1) is 6.08. The van der Waals surface area contributed by atoms with E-state index in [0.29, 0.717) is 0 Å². The number of rotatable bonds is 1. The van der Waals surface area contributed by atoms with Gasteiger partial charge in [-0.05, 0) is 6.92 Å². The molecule has 0 unspecified atom stereocenters. The monoisotopic (exact) mass is 123 g/mol. The maximum atomic E-state index is 10.6. The molecule has 0 fully saturated rings. The van der Waals surface area contributed by atoms with Gasteiger partial charge in [-0.25, -0.2) is 0 Å². The average Bonchev–Trinajstić information content (AvgIpc) is 1.90. The Kier molecular flexibility index (Phi) is 1.68. The topological polar surface area (TPSA) is 29.1 Å². The minimum atomic E-state index is 0.110. The van der Waals surface area contributed by atoms with Crippen LogP contribution >= 0.6 is 0 Å². The molecule has 0 aliphatic carbocycles. The molecule has 1 rings (SSSR count). The van der Waals surface area contributed by atoms with Crippen LogP contribution in [0.4, 0.5) is 0 Å². The van der Waals surface area contributed by atoms with Crippen LogP contribution in [0.5, 0.6) is 0 Å². The van der Waals surface area contributed by atoms with Crippen molar-refractivity contribution in [1.29, 1.82) is 0 Å². The van der Waals surface area contributed by atoms with Crippen molar-refractivity contribution in [2.45, 2.75) is 6.92 Å². The predicted molar refractivity (Wildman–Crippen MR) is 35.9 cm³/mol. The Hall–Kier alpha value is -1.05. The molecule has 2 heteroatoms. The lowest BCUT2D eigenvalue weighted by molar-refractivity contribution is -0.113. The number of carbonyl (C=O) groups excluding carboxylic acids is 1. The number of hydrogen-bond acceptors (Lipinski definition) is 2. The average molecular weight is 123 g/mol. The van der Waals surface area contributed by atoms with Crippen molar-refractivity contribution in [2.24, 2.45) is 0 Å². The highest BCUT2D eigenvalue weighted by atomic mass is 16.1. The fraction of sp³-hybridized carbons (Fsp3) is 0.286. The third-order valence-electron chi connectivity index (χ3n) is 1.20. The Balaban J connectivity index is 2.69. The molecule has 0 saturated heterocycles. The Morgan fingerprint density at radius 2 is 2.56 bits per heavy atom. The summed E-state index contributed by atoms with van der Waals surface area (Å²) in [5, 5.41) is 2.95. The molecule has 0 aromatic heterocycles. The number of hydrogen-bond donors (Lipinski definition) is 1. The Morgan fingerprint density at radius 3 is 2.89 bits per heavy atom. The van der Waals surface area contributed by atoms with Crippen LogP contribution in [0.2, 0.25) is 0 Å². The molecule has 0 amide bonds. The van der Waals surface area contributed by atoms with Crippen molar-refractivity contribution in [3.8, 4) is 0 Å². The highest BCUT2D eigenvalue weighted by Crippen LogP contribution is 1.99. The van der Waals surface area contributed by atoms with Crippen LogP contribution in [0.3, 0.4) is 0 Å². The second kappa shape index (κ2) is 2.49. The minimum absolute atomic E-state index is 0.110. The van der Waals surface area contributed by atoms with Crippen molar-refractivity contribution in [3.63, 3.8) is 0 Å². The zero-order valence-electron chi connectivity index (χ0n) is 5.35. The minimum Gasteiger partial charge on any atom is -0.387 e. The summed E-state index contributed by atoms with van der Waals surface area (Å²) in [5.41, 5.74) is 0.751. The van der Waals surface area contributed by atoms with Crippen LogP contribution in [0.15, 0.2) is 23.9 Å². The van der Waals surface area contributed by atoms with E-state index in [9.17, 15) is 4.79 Å². The van der Waals surface area contributed by atoms with Crippen molar-refractivity contribution >= 4 is 5.78 Å². The zero-order valence-corrected chi connectivity index (χ0v) is 5.35. The molecule has 0 saturated carbocycles. The number of carbonyl (C=O) groups is 1. The standard InChI is InChI=1S/C7H9NO/c1-6(9)7-3-2-4-8-5-7/h2-3,5,8H,4H2,1H3. The van der Waals surface area contributed by atoms with E-state index in [4.69, 9.17) is 0 Å². The van der Waals surface area contributed by atoms with E-state index in [1.807, 2.05) is 12.2 Å².